The largest absolute Gasteiger partial charge is 0.309 e. The highest BCUT2D eigenvalue weighted by molar-refractivity contribution is 6.09. The standard InChI is InChI=1S/C40H28N4/c1-2-6-18-29(17-5-1)38-41-39(30-19-9-4-10-20-30)43-40(42-38)31-25-26-37(34(27-31)28-15-7-3-8-16-28)44-35-23-13-11-21-32(35)33-22-12-14-24-36(33)44/h1,3-27H,2H2. The summed E-state index contributed by atoms with van der Waals surface area (Å²) in [6, 6.07) is 44.5. The normalized spacial score (nSPS) is 12.9. The summed E-state index contributed by atoms with van der Waals surface area (Å²) in [5.41, 5.74) is 8.54. The van der Waals surface area contributed by atoms with E-state index in [9.17, 15) is 0 Å². The molecule has 4 nitrogen and oxygen atoms in total. The minimum absolute atomic E-state index is 0.641. The van der Waals surface area contributed by atoms with Gasteiger partial charge in [0.15, 0.2) is 17.5 Å². The molecule has 8 rings (SSSR count). The summed E-state index contributed by atoms with van der Waals surface area (Å²) in [5, 5.41) is 2.47. The molecular formula is C40H28N4. The van der Waals surface area contributed by atoms with Gasteiger partial charge in [-0.05, 0) is 42.3 Å². The molecule has 0 unspecified atom stereocenters. The van der Waals surface area contributed by atoms with E-state index < -0.39 is 0 Å². The molecule has 5 aromatic carbocycles. The monoisotopic (exact) mass is 564 g/mol. The number of fused-ring (bicyclic) bond motifs is 3. The minimum atomic E-state index is 0.641. The van der Waals surface area contributed by atoms with Crippen LogP contribution in [0.2, 0.25) is 0 Å². The third-order valence-electron chi connectivity index (χ3n) is 8.07. The van der Waals surface area contributed by atoms with Gasteiger partial charge in [0.05, 0.1) is 16.7 Å². The number of allylic oxidation sites excluding steroid dienone is 6. The van der Waals surface area contributed by atoms with Crippen LogP contribution in [0.3, 0.4) is 0 Å². The second-order valence-corrected chi connectivity index (χ2v) is 10.8. The lowest BCUT2D eigenvalue weighted by atomic mass is 10.00. The fourth-order valence-corrected chi connectivity index (χ4v) is 5.98. The van der Waals surface area contributed by atoms with Crippen LogP contribution in [-0.4, -0.2) is 19.5 Å². The molecule has 0 amide bonds. The number of aromatic nitrogens is 4. The van der Waals surface area contributed by atoms with E-state index >= 15 is 0 Å². The smallest absolute Gasteiger partial charge is 0.164 e. The number of nitrogens with zero attached hydrogens (tertiary/aromatic N) is 4. The van der Waals surface area contributed by atoms with Gasteiger partial charge in [-0.1, -0.05) is 127 Å². The lowest BCUT2D eigenvalue weighted by molar-refractivity contribution is 1.04. The van der Waals surface area contributed by atoms with E-state index in [1.807, 2.05) is 30.3 Å². The second-order valence-electron chi connectivity index (χ2n) is 10.8. The summed E-state index contributed by atoms with van der Waals surface area (Å²) >= 11 is 0. The molecule has 0 fully saturated rings. The molecule has 0 saturated heterocycles. The molecular weight excluding hydrogens is 536 g/mol. The van der Waals surface area contributed by atoms with Crippen molar-refractivity contribution in [2.75, 3.05) is 0 Å². The van der Waals surface area contributed by atoms with Crippen LogP contribution >= 0.6 is 0 Å². The molecule has 44 heavy (non-hydrogen) atoms. The van der Waals surface area contributed by atoms with E-state index in [1.54, 1.807) is 0 Å². The first-order chi connectivity index (χ1) is 21.8. The molecule has 1 aliphatic rings. The zero-order valence-electron chi connectivity index (χ0n) is 24.0. The summed E-state index contributed by atoms with van der Waals surface area (Å²) in [5.74, 6) is 1.95. The van der Waals surface area contributed by atoms with Crippen LogP contribution in [0.15, 0.2) is 158 Å². The van der Waals surface area contributed by atoms with E-state index in [2.05, 4.69) is 132 Å². The van der Waals surface area contributed by atoms with Crippen molar-refractivity contribution in [3.63, 3.8) is 0 Å². The van der Waals surface area contributed by atoms with Crippen LogP contribution in [0.25, 0.3) is 67.0 Å². The van der Waals surface area contributed by atoms with Gasteiger partial charge >= 0.3 is 0 Å². The first-order valence-corrected chi connectivity index (χ1v) is 14.9. The lowest BCUT2D eigenvalue weighted by Gasteiger charge is -2.16. The Morgan fingerprint density at radius 2 is 1.09 bits per heavy atom. The van der Waals surface area contributed by atoms with Crippen molar-refractivity contribution in [1.82, 2.24) is 19.5 Å². The highest BCUT2D eigenvalue weighted by Crippen LogP contribution is 2.38. The SMILES string of the molecule is C1=CCC=CC(c2nc(-c3ccccc3)nc(-c3ccc(-n4c5ccccc5c5ccccc54)c(-c4ccccc4)c3)n2)=C1. The molecule has 2 aromatic heterocycles. The Kier molecular flexibility index (Phi) is 6.50. The first-order valence-electron chi connectivity index (χ1n) is 14.9. The number of rotatable bonds is 5. The molecule has 0 bridgehead atoms. The van der Waals surface area contributed by atoms with Crippen LogP contribution in [0.1, 0.15) is 12.2 Å². The van der Waals surface area contributed by atoms with Gasteiger partial charge in [0.1, 0.15) is 0 Å². The zero-order valence-corrected chi connectivity index (χ0v) is 24.0. The van der Waals surface area contributed by atoms with Crippen LogP contribution in [0.4, 0.5) is 0 Å². The Morgan fingerprint density at radius 1 is 0.500 bits per heavy atom. The van der Waals surface area contributed by atoms with Gasteiger partial charge in [-0.15, -0.1) is 0 Å². The molecule has 1 aliphatic carbocycles. The summed E-state index contributed by atoms with van der Waals surface area (Å²) < 4.78 is 2.37. The maximum atomic E-state index is 5.04. The molecule has 208 valence electrons. The number of hydrogen-bond donors (Lipinski definition) is 0. The Hall–Kier alpha value is -5.87. The summed E-state index contributed by atoms with van der Waals surface area (Å²) in [4.78, 5) is 15.0. The number of hydrogen-bond acceptors (Lipinski definition) is 3. The van der Waals surface area contributed by atoms with Crippen molar-refractivity contribution in [3.05, 3.63) is 164 Å². The van der Waals surface area contributed by atoms with Gasteiger partial charge in [0.2, 0.25) is 0 Å². The van der Waals surface area contributed by atoms with E-state index in [0.29, 0.717) is 17.5 Å². The Morgan fingerprint density at radius 3 is 1.80 bits per heavy atom. The molecule has 4 heteroatoms. The van der Waals surface area contributed by atoms with Gasteiger partial charge in [-0.25, -0.2) is 15.0 Å². The molecule has 0 aliphatic heterocycles. The van der Waals surface area contributed by atoms with Crippen LogP contribution < -0.4 is 0 Å². The van der Waals surface area contributed by atoms with E-state index in [0.717, 1.165) is 39.9 Å². The third kappa shape index (κ3) is 4.63. The van der Waals surface area contributed by atoms with E-state index in [-0.39, 0.29) is 0 Å². The number of para-hydroxylation sites is 2. The molecule has 0 N–H and O–H groups in total. The van der Waals surface area contributed by atoms with E-state index in [4.69, 9.17) is 15.0 Å². The average Bonchev–Trinajstić information content (AvgIpc) is 3.22. The van der Waals surface area contributed by atoms with Gasteiger partial charge in [-0.2, -0.15) is 0 Å². The topological polar surface area (TPSA) is 43.6 Å². The van der Waals surface area contributed by atoms with Crippen molar-refractivity contribution in [3.8, 4) is 39.6 Å². The second kappa shape index (κ2) is 11.1. The summed E-state index contributed by atoms with van der Waals surface area (Å²) in [7, 11) is 0. The van der Waals surface area contributed by atoms with Gasteiger partial charge in [0, 0.05) is 33.0 Å². The van der Waals surface area contributed by atoms with Crippen molar-refractivity contribution in [1.29, 1.82) is 0 Å². The Balaban J connectivity index is 1.37. The van der Waals surface area contributed by atoms with Gasteiger partial charge in [0.25, 0.3) is 0 Å². The predicted octanol–water partition coefficient (Wildman–Crippen LogP) is 9.87. The summed E-state index contributed by atoms with van der Waals surface area (Å²) in [6.07, 6.45) is 11.4. The molecule has 2 heterocycles. The number of benzene rings is 5. The fourth-order valence-electron chi connectivity index (χ4n) is 5.98. The molecule has 7 aromatic rings. The highest BCUT2D eigenvalue weighted by Gasteiger charge is 2.18. The van der Waals surface area contributed by atoms with Crippen molar-refractivity contribution >= 4 is 27.4 Å². The first kappa shape index (κ1) is 25.8. The Labute approximate surface area is 256 Å². The third-order valence-corrected chi connectivity index (χ3v) is 8.07. The zero-order chi connectivity index (χ0) is 29.3. The Bertz CT molecular complexity index is 2190. The van der Waals surface area contributed by atoms with Gasteiger partial charge < -0.3 is 4.57 Å². The summed E-state index contributed by atoms with van der Waals surface area (Å²) in [6.45, 7) is 0. The fraction of sp³-hybridized carbons (Fsp3) is 0.0250. The minimum Gasteiger partial charge on any atom is -0.309 e. The quantitative estimate of drug-likeness (QED) is 0.209. The van der Waals surface area contributed by atoms with Crippen LogP contribution in [0.5, 0.6) is 0 Å². The maximum Gasteiger partial charge on any atom is 0.164 e. The van der Waals surface area contributed by atoms with Gasteiger partial charge in [-0.3, -0.25) is 0 Å². The molecule has 0 radical (unpaired) electrons. The highest BCUT2D eigenvalue weighted by atomic mass is 15.0. The predicted molar refractivity (Wildman–Crippen MR) is 181 cm³/mol. The van der Waals surface area contributed by atoms with Crippen LogP contribution in [0, 0.1) is 0 Å². The lowest BCUT2D eigenvalue weighted by Crippen LogP contribution is -2.03. The van der Waals surface area contributed by atoms with Crippen LogP contribution in [-0.2, 0) is 0 Å². The molecule has 0 saturated carbocycles. The molecule has 0 atom stereocenters. The van der Waals surface area contributed by atoms with Crippen molar-refractivity contribution in [2.24, 2.45) is 0 Å². The van der Waals surface area contributed by atoms with E-state index in [1.165, 1.54) is 21.8 Å². The maximum absolute atomic E-state index is 5.04. The van der Waals surface area contributed by atoms with Crippen molar-refractivity contribution < 1.29 is 0 Å². The molecule has 0 spiro atoms. The average molecular weight is 565 g/mol. The van der Waals surface area contributed by atoms with Crippen molar-refractivity contribution in [2.45, 2.75) is 6.42 Å².